The summed E-state index contributed by atoms with van der Waals surface area (Å²) in [4.78, 5) is 21.5. The molecule has 98 valence electrons. The topological polar surface area (TPSA) is 86.6 Å². The first-order valence-electron chi connectivity index (χ1n) is 5.76. The molecule has 0 spiro atoms. The molecular formula is C13H17NO4. The SMILES string of the molecule is CC(CCc1ccc(O)cc1)NC(=O)CC(=O)O. The van der Waals surface area contributed by atoms with Crippen LogP contribution in [0.2, 0.25) is 0 Å². The number of phenols is 1. The summed E-state index contributed by atoms with van der Waals surface area (Å²) in [5.41, 5.74) is 1.06. The molecule has 1 aromatic rings. The van der Waals surface area contributed by atoms with Gasteiger partial charge in [-0.15, -0.1) is 0 Å². The fourth-order valence-corrected chi connectivity index (χ4v) is 1.58. The van der Waals surface area contributed by atoms with Crippen molar-refractivity contribution < 1.29 is 19.8 Å². The normalized spacial score (nSPS) is 11.8. The van der Waals surface area contributed by atoms with Gasteiger partial charge in [0.25, 0.3) is 0 Å². The van der Waals surface area contributed by atoms with Gasteiger partial charge in [-0.1, -0.05) is 12.1 Å². The number of carboxylic acids is 1. The van der Waals surface area contributed by atoms with E-state index < -0.39 is 18.3 Å². The van der Waals surface area contributed by atoms with Gasteiger partial charge in [0.05, 0.1) is 0 Å². The summed E-state index contributed by atoms with van der Waals surface area (Å²) in [5, 5.41) is 20.2. The second-order valence-corrected chi connectivity index (χ2v) is 4.24. The fraction of sp³-hybridized carbons (Fsp3) is 0.385. The number of carboxylic acid groups (broad SMARTS) is 1. The van der Waals surface area contributed by atoms with Gasteiger partial charge in [0.2, 0.25) is 5.91 Å². The van der Waals surface area contributed by atoms with Crippen molar-refractivity contribution in [3.63, 3.8) is 0 Å². The van der Waals surface area contributed by atoms with Gasteiger partial charge in [-0.3, -0.25) is 9.59 Å². The third kappa shape index (κ3) is 5.34. The Morgan fingerprint density at radius 3 is 2.44 bits per heavy atom. The van der Waals surface area contributed by atoms with E-state index in [0.717, 1.165) is 18.4 Å². The highest BCUT2D eigenvalue weighted by atomic mass is 16.4. The maximum Gasteiger partial charge on any atom is 0.312 e. The average molecular weight is 251 g/mol. The first-order valence-corrected chi connectivity index (χ1v) is 5.76. The van der Waals surface area contributed by atoms with Gasteiger partial charge in [0.15, 0.2) is 0 Å². The number of aryl methyl sites for hydroxylation is 1. The lowest BCUT2D eigenvalue weighted by molar-refractivity contribution is -0.140. The van der Waals surface area contributed by atoms with Crippen molar-refractivity contribution in [2.45, 2.75) is 32.2 Å². The van der Waals surface area contributed by atoms with E-state index in [1.807, 2.05) is 19.1 Å². The predicted octanol–water partition coefficient (Wildman–Crippen LogP) is 1.30. The number of aromatic hydroxyl groups is 1. The summed E-state index contributed by atoms with van der Waals surface area (Å²) in [6.45, 7) is 1.83. The molecule has 1 rings (SSSR count). The molecule has 1 amide bonds. The van der Waals surface area contributed by atoms with Crippen LogP contribution in [-0.4, -0.2) is 28.1 Å². The number of nitrogens with one attached hydrogen (secondary N) is 1. The molecule has 0 heterocycles. The predicted molar refractivity (Wildman–Crippen MR) is 66.3 cm³/mol. The number of hydrogen-bond acceptors (Lipinski definition) is 3. The van der Waals surface area contributed by atoms with Crippen LogP contribution in [0, 0.1) is 0 Å². The van der Waals surface area contributed by atoms with Crippen LogP contribution in [0.25, 0.3) is 0 Å². The van der Waals surface area contributed by atoms with Crippen molar-refractivity contribution in [2.75, 3.05) is 0 Å². The van der Waals surface area contributed by atoms with Gasteiger partial charge >= 0.3 is 5.97 Å². The van der Waals surface area contributed by atoms with Gasteiger partial charge in [0, 0.05) is 6.04 Å². The minimum Gasteiger partial charge on any atom is -0.508 e. The Kier molecular flexibility index (Phi) is 5.17. The van der Waals surface area contributed by atoms with Gasteiger partial charge < -0.3 is 15.5 Å². The fourth-order valence-electron chi connectivity index (χ4n) is 1.58. The van der Waals surface area contributed by atoms with Gasteiger partial charge in [-0.05, 0) is 37.5 Å². The molecule has 0 aliphatic carbocycles. The second kappa shape index (κ2) is 6.64. The number of aliphatic carboxylic acids is 1. The lowest BCUT2D eigenvalue weighted by Gasteiger charge is -2.13. The summed E-state index contributed by atoms with van der Waals surface area (Å²) < 4.78 is 0. The minimum absolute atomic E-state index is 0.0781. The number of amides is 1. The van der Waals surface area contributed by atoms with Crippen molar-refractivity contribution >= 4 is 11.9 Å². The summed E-state index contributed by atoms with van der Waals surface area (Å²) in [6, 6.07) is 6.79. The van der Waals surface area contributed by atoms with Crippen molar-refractivity contribution in [1.82, 2.24) is 5.32 Å². The van der Waals surface area contributed by atoms with E-state index in [1.165, 1.54) is 0 Å². The Labute approximate surface area is 105 Å². The first kappa shape index (κ1) is 14.0. The zero-order valence-corrected chi connectivity index (χ0v) is 10.2. The largest absolute Gasteiger partial charge is 0.508 e. The molecule has 5 nitrogen and oxygen atoms in total. The molecule has 0 saturated carbocycles. The van der Waals surface area contributed by atoms with Crippen molar-refractivity contribution in [3.8, 4) is 5.75 Å². The van der Waals surface area contributed by atoms with Crippen LogP contribution >= 0.6 is 0 Å². The number of phenolic OH excluding ortho intramolecular Hbond substituents is 1. The summed E-state index contributed by atoms with van der Waals surface area (Å²) >= 11 is 0. The zero-order chi connectivity index (χ0) is 13.5. The third-order valence-electron chi connectivity index (χ3n) is 2.52. The Morgan fingerprint density at radius 1 is 1.28 bits per heavy atom. The van der Waals surface area contributed by atoms with Crippen LogP contribution in [0.15, 0.2) is 24.3 Å². The van der Waals surface area contributed by atoms with E-state index in [0.29, 0.717) is 0 Å². The van der Waals surface area contributed by atoms with Crippen LogP contribution in [-0.2, 0) is 16.0 Å². The number of hydrogen-bond donors (Lipinski definition) is 3. The smallest absolute Gasteiger partial charge is 0.312 e. The highest BCUT2D eigenvalue weighted by Crippen LogP contribution is 2.11. The van der Waals surface area contributed by atoms with E-state index in [-0.39, 0.29) is 11.8 Å². The molecular weight excluding hydrogens is 234 g/mol. The summed E-state index contributed by atoms with van der Waals surface area (Å²) in [5.74, 6) is -1.37. The van der Waals surface area contributed by atoms with Crippen molar-refractivity contribution in [2.24, 2.45) is 0 Å². The maximum atomic E-state index is 11.2. The quantitative estimate of drug-likeness (QED) is 0.665. The molecule has 0 fully saturated rings. The molecule has 1 unspecified atom stereocenters. The number of carbonyl (C=O) groups excluding carboxylic acids is 1. The molecule has 0 aliphatic heterocycles. The van der Waals surface area contributed by atoms with E-state index in [1.54, 1.807) is 12.1 Å². The Hall–Kier alpha value is -2.04. The highest BCUT2D eigenvalue weighted by Gasteiger charge is 2.10. The lowest BCUT2D eigenvalue weighted by atomic mass is 10.1. The van der Waals surface area contributed by atoms with Gasteiger partial charge in [-0.2, -0.15) is 0 Å². The van der Waals surface area contributed by atoms with Crippen LogP contribution in [0.4, 0.5) is 0 Å². The van der Waals surface area contributed by atoms with Crippen LogP contribution < -0.4 is 5.32 Å². The summed E-state index contributed by atoms with van der Waals surface area (Å²) in [6.07, 6.45) is 0.981. The number of benzene rings is 1. The first-order chi connectivity index (χ1) is 8.47. The van der Waals surface area contributed by atoms with E-state index in [4.69, 9.17) is 10.2 Å². The third-order valence-corrected chi connectivity index (χ3v) is 2.52. The summed E-state index contributed by atoms with van der Waals surface area (Å²) in [7, 11) is 0. The van der Waals surface area contributed by atoms with E-state index in [9.17, 15) is 9.59 Å². The van der Waals surface area contributed by atoms with Crippen molar-refractivity contribution in [1.29, 1.82) is 0 Å². The maximum absolute atomic E-state index is 11.2. The molecule has 5 heteroatoms. The van der Waals surface area contributed by atoms with Crippen LogP contribution in [0.1, 0.15) is 25.3 Å². The molecule has 0 aromatic heterocycles. The van der Waals surface area contributed by atoms with E-state index in [2.05, 4.69) is 5.32 Å². The van der Waals surface area contributed by atoms with Crippen LogP contribution in [0.5, 0.6) is 5.75 Å². The Bertz CT molecular complexity index is 414. The van der Waals surface area contributed by atoms with Crippen molar-refractivity contribution in [3.05, 3.63) is 29.8 Å². The molecule has 3 N–H and O–H groups in total. The molecule has 0 radical (unpaired) electrons. The highest BCUT2D eigenvalue weighted by molar-refractivity contribution is 5.93. The molecule has 1 atom stereocenters. The van der Waals surface area contributed by atoms with E-state index >= 15 is 0 Å². The molecule has 1 aromatic carbocycles. The lowest BCUT2D eigenvalue weighted by Crippen LogP contribution is -2.34. The molecule has 0 saturated heterocycles. The number of rotatable bonds is 6. The van der Waals surface area contributed by atoms with Crippen LogP contribution in [0.3, 0.4) is 0 Å². The zero-order valence-electron chi connectivity index (χ0n) is 10.2. The molecule has 0 bridgehead atoms. The number of carbonyl (C=O) groups is 2. The molecule has 18 heavy (non-hydrogen) atoms. The monoisotopic (exact) mass is 251 g/mol. The van der Waals surface area contributed by atoms with Gasteiger partial charge in [0.1, 0.15) is 12.2 Å². The standard InChI is InChI=1S/C13H17NO4/c1-9(14-12(16)8-13(17)18)2-3-10-4-6-11(15)7-5-10/h4-7,9,15H,2-3,8H2,1H3,(H,14,16)(H,17,18). The Balaban J connectivity index is 2.32. The Morgan fingerprint density at radius 2 is 1.89 bits per heavy atom. The minimum atomic E-state index is -1.13. The average Bonchev–Trinajstić information content (AvgIpc) is 2.27. The second-order valence-electron chi connectivity index (χ2n) is 4.24. The van der Waals surface area contributed by atoms with Gasteiger partial charge in [-0.25, -0.2) is 0 Å². The molecule has 0 aliphatic rings.